The van der Waals surface area contributed by atoms with Crippen molar-refractivity contribution in [2.75, 3.05) is 6.61 Å². The lowest BCUT2D eigenvalue weighted by atomic mass is 10.0. The van der Waals surface area contributed by atoms with Gasteiger partial charge in [-0.05, 0) is 17.2 Å². The summed E-state index contributed by atoms with van der Waals surface area (Å²) in [5.41, 5.74) is 1.92. The average Bonchev–Trinajstić information content (AvgIpc) is 2.52. The molecule has 0 bridgehead atoms. The second kappa shape index (κ2) is 5.70. The van der Waals surface area contributed by atoms with Crippen LogP contribution < -0.4 is 4.74 Å². The van der Waals surface area contributed by atoms with E-state index >= 15 is 0 Å². The van der Waals surface area contributed by atoms with Crippen molar-refractivity contribution in [3.63, 3.8) is 0 Å². The van der Waals surface area contributed by atoms with Crippen LogP contribution in [0.25, 0.3) is 22.0 Å². The standard InChI is InChI=1S/C17H16N2O/c1-2-10-20-17-12-18-11-16(19-17)15-9-5-7-13-6-3-4-8-14(13)15/h3-9,11-12H,2,10H2,1H3. The molecule has 3 aromatic rings. The quantitative estimate of drug-likeness (QED) is 0.712. The Morgan fingerprint density at radius 2 is 1.85 bits per heavy atom. The van der Waals surface area contributed by atoms with Crippen LogP contribution in [0.1, 0.15) is 13.3 Å². The van der Waals surface area contributed by atoms with Crippen molar-refractivity contribution in [1.29, 1.82) is 0 Å². The minimum atomic E-state index is 0.581. The Morgan fingerprint density at radius 1 is 1.00 bits per heavy atom. The molecular formula is C17H16N2O. The van der Waals surface area contributed by atoms with E-state index in [9.17, 15) is 0 Å². The molecule has 0 radical (unpaired) electrons. The zero-order chi connectivity index (χ0) is 13.8. The van der Waals surface area contributed by atoms with Gasteiger partial charge in [0.25, 0.3) is 0 Å². The number of nitrogens with zero attached hydrogens (tertiary/aromatic N) is 2. The Balaban J connectivity index is 2.06. The van der Waals surface area contributed by atoms with Gasteiger partial charge in [0.2, 0.25) is 5.88 Å². The molecule has 0 spiro atoms. The van der Waals surface area contributed by atoms with E-state index in [1.54, 1.807) is 12.4 Å². The summed E-state index contributed by atoms with van der Waals surface area (Å²) < 4.78 is 5.56. The molecule has 0 saturated carbocycles. The second-order valence-electron chi connectivity index (χ2n) is 4.62. The van der Waals surface area contributed by atoms with Gasteiger partial charge in [0, 0.05) is 5.56 Å². The molecule has 1 aromatic heterocycles. The van der Waals surface area contributed by atoms with Gasteiger partial charge in [0.05, 0.1) is 24.7 Å². The van der Waals surface area contributed by atoms with Crippen LogP contribution in [0, 0.1) is 0 Å². The van der Waals surface area contributed by atoms with E-state index in [1.165, 1.54) is 10.8 Å². The van der Waals surface area contributed by atoms with Gasteiger partial charge in [-0.3, -0.25) is 4.98 Å². The maximum atomic E-state index is 5.56. The van der Waals surface area contributed by atoms with Gasteiger partial charge in [-0.25, -0.2) is 4.98 Å². The first-order valence-electron chi connectivity index (χ1n) is 6.81. The van der Waals surface area contributed by atoms with Crippen molar-refractivity contribution in [1.82, 2.24) is 9.97 Å². The van der Waals surface area contributed by atoms with Gasteiger partial charge in [-0.15, -0.1) is 0 Å². The molecule has 0 N–H and O–H groups in total. The number of benzene rings is 2. The van der Waals surface area contributed by atoms with E-state index in [0.717, 1.165) is 17.7 Å². The van der Waals surface area contributed by atoms with Crippen LogP contribution in [-0.2, 0) is 0 Å². The zero-order valence-electron chi connectivity index (χ0n) is 11.4. The predicted molar refractivity (Wildman–Crippen MR) is 80.8 cm³/mol. The van der Waals surface area contributed by atoms with Gasteiger partial charge >= 0.3 is 0 Å². The molecule has 20 heavy (non-hydrogen) atoms. The highest BCUT2D eigenvalue weighted by atomic mass is 16.5. The van der Waals surface area contributed by atoms with Crippen LogP contribution >= 0.6 is 0 Å². The highest BCUT2D eigenvalue weighted by Gasteiger charge is 2.06. The molecule has 0 amide bonds. The summed E-state index contributed by atoms with van der Waals surface area (Å²) >= 11 is 0. The highest BCUT2D eigenvalue weighted by molar-refractivity contribution is 5.95. The molecule has 0 atom stereocenters. The van der Waals surface area contributed by atoms with Crippen molar-refractivity contribution in [2.45, 2.75) is 13.3 Å². The molecule has 0 saturated heterocycles. The fraction of sp³-hybridized carbons (Fsp3) is 0.176. The Labute approximate surface area is 118 Å². The summed E-state index contributed by atoms with van der Waals surface area (Å²) in [6.45, 7) is 2.73. The molecule has 1 heterocycles. The predicted octanol–water partition coefficient (Wildman–Crippen LogP) is 4.09. The molecule has 100 valence electrons. The van der Waals surface area contributed by atoms with E-state index in [-0.39, 0.29) is 0 Å². The van der Waals surface area contributed by atoms with Crippen LogP contribution in [0.2, 0.25) is 0 Å². The fourth-order valence-electron chi connectivity index (χ4n) is 2.20. The summed E-state index contributed by atoms with van der Waals surface area (Å²) in [4.78, 5) is 8.78. The summed E-state index contributed by atoms with van der Waals surface area (Å²) in [6, 6.07) is 14.5. The molecular weight excluding hydrogens is 248 g/mol. The Bertz CT molecular complexity index is 720. The van der Waals surface area contributed by atoms with Gasteiger partial charge in [0.15, 0.2) is 0 Å². The second-order valence-corrected chi connectivity index (χ2v) is 4.62. The largest absolute Gasteiger partial charge is 0.477 e. The molecule has 0 aliphatic rings. The van der Waals surface area contributed by atoms with Crippen molar-refractivity contribution < 1.29 is 4.74 Å². The summed E-state index contributed by atoms with van der Waals surface area (Å²) in [7, 11) is 0. The Morgan fingerprint density at radius 3 is 2.75 bits per heavy atom. The van der Waals surface area contributed by atoms with Crippen LogP contribution in [0.5, 0.6) is 5.88 Å². The van der Waals surface area contributed by atoms with Crippen LogP contribution in [0.3, 0.4) is 0 Å². The number of rotatable bonds is 4. The number of fused-ring (bicyclic) bond motifs is 1. The van der Waals surface area contributed by atoms with Crippen molar-refractivity contribution >= 4 is 10.8 Å². The number of hydrogen-bond donors (Lipinski definition) is 0. The SMILES string of the molecule is CCCOc1cncc(-c2cccc3ccccc23)n1. The molecule has 0 aliphatic heterocycles. The summed E-state index contributed by atoms with van der Waals surface area (Å²) in [6.07, 6.45) is 4.39. The average molecular weight is 264 g/mol. The summed E-state index contributed by atoms with van der Waals surface area (Å²) in [5, 5.41) is 2.38. The van der Waals surface area contributed by atoms with Crippen LogP contribution in [-0.4, -0.2) is 16.6 Å². The van der Waals surface area contributed by atoms with E-state index < -0.39 is 0 Å². The normalized spacial score (nSPS) is 10.7. The van der Waals surface area contributed by atoms with Gasteiger partial charge in [0.1, 0.15) is 0 Å². The lowest BCUT2D eigenvalue weighted by molar-refractivity contribution is 0.304. The minimum Gasteiger partial charge on any atom is -0.477 e. The number of hydrogen-bond acceptors (Lipinski definition) is 3. The van der Waals surface area contributed by atoms with E-state index in [4.69, 9.17) is 4.74 Å². The van der Waals surface area contributed by atoms with Gasteiger partial charge in [-0.2, -0.15) is 0 Å². The lowest BCUT2D eigenvalue weighted by Gasteiger charge is -2.08. The zero-order valence-corrected chi connectivity index (χ0v) is 11.4. The fourth-order valence-corrected chi connectivity index (χ4v) is 2.20. The third-order valence-electron chi connectivity index (χ3n) is 3.13. The first-order valence-corrected chi connectivity index (χ1v) is 6.81. The first kappa shape index (κ1) is 12.6. The van der Waals surface area contributed by atoms with E-state index in [1.807, 2.05) is 18.2 Å². The topological polar surface area (TPSA) is 35.0 Å². The third-order valence-corrected chi connectivity index (χ3v) is 3.13. The van der Waals surface area contributed by atoms with Gasteiger partial charge < -0.3 is 4.74 Å². The molecule has 0 fully saturated rings. The smallest absolute Gasteiger partial charge is 0.232 e. The first-order chi connectivity index (χ1) is 9.88. The molecule has 2 aromatic carbocycles. The van der Waals surface area contributed by atoms with Gasteiger partial charge in [-0.1, -0.05) is 49.4 Å². The molecule has 3 heteroatoms. The molecule has 3 nitrogen and oxygen atoms in total. The number of aromatic nitrogens is 2. The highest BCUT2D eigenvalue weighted by Crippen LogP contribution is 2.27. The summed E-state index contributed by atoms with van der Waals surface area (Å²) in [5.74, 6) is 0.581. The van der Waals surface area contributed by atoms with Crippen molar-refractivity contribution in [3.8, 4) is 17.1 Å². The lowest BCUT2D eigenvalue weighted by Crippen LogP contribution is -1.99. The molecule has 0 aliphatic carbocycles. The minimum absolute atomic E-state index is 0.581. The maximum absolute atomic E-state index is 5.56. The maximum Gasteiger partial charge on any atom is 0.232 e. The van der Waals surface area contributed by atoms with Crippen LogP contribution in [0.15, 0.2) is 54.9 Å². The van der Waals surface area contributed by atoms with Crippen LogP contribution in [0.4, 0.5) is 0 Å². The Hall–Kier alpha value is -2.42. The number of ether oxygens (including phenoxy) is 1. The third kappa shape index (κ3) is 2.48. The Kier molecular flexibility index (Phi) is 3.59. The molecule has 3 rings (SSSR count). The van der Waals surface area contributed by atoms with Crippen molar-refractivity contribution in [2.24, 2.45) is 0 Å². The monoisotopic (exact) mass is 264 g/mol. The van der Waals surface area contributed by atoms with Crippen molar-refractivity contribution in [3.05, 3.63) is 54.9 Å². The van der Waals surface area contributed by atoms with E-state index in [0.29, 0.717) is 12.5 Å². The van der Waals surface area contributed by atoms with E-state index in [2.05, 4.69) is 41.2 Å². The molecule has 0 unspecified atom stereocenters.